The maximum absolute atomic E-state index is 12.6. The van der Waals surface area contributed by atoms with Crippen LogP contribution in [0.25, 0.3) is 0 Å². The summed E-state index contributed by atoms with van der Waals surface area (Å²) < 4.78 is 38.6. The van der Waals surface area contributed by atoms with Crippen LogP contribution >= 0.6 is 22.6 Å². The lowest BCUT2D eigenvalue weighted by atomic mass is 9.89. The van der Waals surface area contributed by atoms with Crippen LogP contribution in [0.2, 0.25) is 0 Å². The lowest BCUT2D eigenvalue weighted by molar-refractivity contribution is -0.137. The lowest BCUT2D eigenvalue weighted by Crippen LogP contribution is -2.28. The monoisotopic (exact) mass is 431 g/mol. The van der Waals surface area contributed by atoms with Gasteiger partial charge in [0, 0.05) is 10.8 Å². The van der Waals surface area contributed by atoms with Gasteiger partial charge in [0.1, 0.15) is 0 Å². The van der Waals surface area contributed by atoms with E-state index in [0.717, 1.165) is 17.7 Å². The van der Waals surface area contributed by atoms with Crippen LogP contribution in [0.5, 0.6) is 0 Å². The average Bonchev–Trinajstić information content (AvgIpc) is 3.01. The summed E-state index contributed by atoms with van der Waals surface area (Å²) in [6.45, 7) is 0. The van der Waals surface area contributed by atoms with Crippen LogP contribution in [0.4, 0.5) is 13.2 Å². The fourth-order valence-corrected chi connectivity index (χ4v) is 3.38. The summed E-state index contributed by atoms with van der Waals surface area (Å²) in [4.78, 5) is 5.70. The molecule has 1 heterocycles. The summed E-state index contributed by atoms with van der Waals surface area (Å²) in [5.74, 6) is 0. The second kappa shape index (κ2) is 6.14. The van der Waals surface area contributed by atoms with Crippen LogP contribution < -0.4 is 0 Å². The first kappa shape index (κ1) is 16.3. The van der Waals surface area contributed by atoms with E-state index in [2.05, 4.69) is 27.7 Å². The molecule has 0 saturated carbocycles. The summed E-state index contributed by atoms with van der Waals surface area (Å²) in [6.07, 6.45) is -3.80. The molecule has 120 valence electrons. The van der Waals surface area contributed by atoms with Gasteiger partial charge in [0.15, 0.2) is 5.60 Å². The second-order valence-electron chi connectivity index (χ2n) is 5.38. The molecular formula is C17H13F3INO. The minimum Gasteiger partial charge on any atom is -0.383 e. The largest absolute Gasteiger partial charge is 0.416 e. The van der Waals surface area contributed by atoms with E-state index in [1.54, 1.807) is 0 Å². The first-order chi connectivity index (χ1) is 10.9. The SMILES string of the molecule is FC(F)(F)c1ccc(C2=NO[C@](CI)(c3ccccc3)C2)cc1. The number of rotatable bonds is 3. The van der Waals surface area contributed by atoms with Crippen molar-refractivity contribution in [2.45, 2.75) is 18.2 Å². The highest BCUT2D eigenvalue weighted by atomic mass is 127. The van der Waals surface area contributed by atoms with Gasteiger partial charge in [0.2, 0.25) is 0 Å². The van der Waals surface area contributed by atoms with Gasteiger partial charge in [-0.2, -0.15) is 13.2 Å². The van der Waals surface area contributed by atoms with E-state index in [1.165, 1.54) is 12.1 Å². The second-order valence-corrected chi connectivity index (χ2v) is 6.14. The Morgan fingerprint density at radius 1 is 1.04 bits per heavy atom. The fraction of sp³-hybridized carbons (Fsp3) is 0.235. The van der Waals surface area contributed by atoms with Crippen LogP contribution in [0, 0.1) is 0 Å². The molecule has 0 spiro atoms. The number of hydrogen-bond acceptors (Lipinski definition) is 2. The summed E-state index contributed by atoms with van der Waals surface area (Å²) in [6, 6.07) is 14.8. The molecule has 0 fully saturated rings. The van der Waals surface area contributed by atoms with Gasteiger partial charge in [-0.05, 0) is 23.3 Å². The van der Waals surface area contributed by atoms with Crippen LogP contribution in [0.15, 0.2) is 59.8 Å². The minimum absolute atomic E-state index is 0.533. The highest BCUT2D eigenvalue weighted by molar-refractivity contribution is 14.1. The molecule has 2 aromatic rings. The van der Waals surface area contributed by atoms with Gasteiger partial charge in [-0.15, -0.1) is 0 Å². The summed E-state index contributed by atoms with van der Waals surface area (Å²) >= 11 is 2.24. The molecule has 6 heteroatoms. The summed E-state index contributed by atoms with van der Waals surface area (Å²) in [5.41, 5.74) is 1.11. The van der Waals surface area contributed by atoms with Crippen LogP contribution in [0.3, 0.4) is 0 Å². The van der Waals surface area contributed by atoms with Crippen molar-refractivity contribution < 1.29 is 18.0 Å². The Morgan fingerprint density at radius 2 is 1.70 bits per heavy atom. The lowest BCUT2D eigenvalue weighted by Gasteiger charge is -2.24. The van der Waals surface area contributed by atoms with Crippen molar-refractivity contribution in [2.75, 3.05) is 4.43 Å². The Labute approximate surface area is 145 Å². The Hall–Kier alpha value is -1.57. The van der Waals surface area contributed by atoms with Crippen molar-refractivity contribution in [3.05, 3.63) is 71.3 Å². The molecule has 0 saturated heterocycles. The predicted octanol–water partition coefficient (Wildman–Crippen LogP) is 5.16. The van der Waals surface area contributed by atoms with Crippen LogP contribution in [-0.4, -0.2) is 10.1 Å². The van der Waals surface area contributed by atoms with Gasteiger partial charge in [-0.3, -0.25) is 0 Å². The Kier molecular flexibility index (Phi) is 4.35. The van der Waals surface area contributed by atoms with E-state index in [4.69, 9.17) is 4.84 Å². The smallest absolute Gasteiger partial charge is 0.383 e. The summed E-state index contributed by atoms with van der Waals surface area (Å²) in [5, 5.41) is 4.13. The third kappa shape index (κ3) is 3.22. The number of oxime groups is 1. The zero-order valence-corrected chi connectivity index (χ0v) is 14.1. The molecule has 3 rings (SSSR count). The van der Waals surface area contributed by atoms with Gasteiger partial charge in [-0.1, -0.05) is 70.2 Å². The molecule has 2 aromatic carbocycles. The fourth-order valence-electron chi connectivity index (χ4n) is 2.53. The van der Waals surface area contributed by atoms with Crippen molar-refractivity contribution in [1.29, 1.82) is 0 Å². The molecule has 0 aliphatic carbocycles. The highest BCUT2D eigenvalue weighted by Gasteiger charge is 2.40. The van der Waals surface area contributed by atoms with Gasteiger partial charge in [0.05, 0.1) is 11.3 Å². The molecular weight excluding hydrogens is 418 g/mol. The number of nitrogens with zero attached hydrogens (tertiary/aromatic N) is 1. The average molecular weight is 431 g/mol. The van der Waals surface area contributed by atoms with Gasteiger partial charge >= 0.3 is 6.18 Å². The maximum Gasteiger partial charge on any atom is 0.416 e. The number of hydrogen-bond donors (Lipinski definition) is 0. The Balaban J connectivity index is 1.84. The molecule has 0 aromatic heterocycles. The molecule has 1 atom stereocenters. The summed E-state index contributed by atoms with van der Waals surface area (Å²) in [7, 11) is 0. The van der Waals surface area contributed by atoms with Crippen LogP contribution in [-0.2, 0) is 16.6 Å². The third-order valence-corrected chi connectivity index (χ3v) is 5.08. The van der Waals surface area contributed by atoms with Crippen LogP contribution in [0.1, 0.15) is 23.1 Å². The molecule has 0 N–H and O–H groups in total. The van der Waals surface area contributed by atoms with Crippen molar-refractivity contribution >= 4 is 28.3 Å². The van der Waals surface area contributed by atoms with E-state index in [-0.39, 0.29) is 0 Å². The molecule has 0 amide bonds. The zero-order valence-electron chi connectivity index (χ0n) is 12.0. The van der Waals surface area contributed by atoms with E-state index >= 15 is 0 Å². The minimum atomic E-state index is -4.33. The van der Waals surface area contributed by atoms with E-state index in [1.807, 2.05) is 30.3 Å². The quantitative estimate of drug-likeness (QED) is 0.486. The number of halogens is 4. The van der Waals surface area contributed by atoms with E-state index in [0.29, 0.717) is 22.1 Å². The molecule has 0 bridgehead atoms. The van der Waals surface area contributed by atoms with Gasteiger partial charge in [-0.25, -0.2) is 0 Å². The normalized spacial score (nSPS) is 21.0. The Morgan fingerprint density at radius 3 is 2.26 bits per heavy atom. The molecule has 1 aliphatic heterocycles. The standard InChI is InChI=1S/C17H13F3INO/c18-17(19,20)14-8-6-12(7-9-14)15-10-16(11-21,23-22-15)13-4-2-1-3-5-13/h1-9H,10-11H2/t16-/m1/s1. The van der Waals surface area contributed by atoms with Gasteiger partial charge < -0.3 is 4.84 Å². The number of benzene rings is 2. The Bertz CT molecular complexity index is 713. The van der Waals surface area contributed by atoms with Crippen molar-refractivity contribution in [1.82, 2.24) is 0 Å². The van der Waals surface area contributed by atoms with Crippen molar-refractivity contribution in [3.8, 4) is 0 Å². The van der Waals surface area contributed by atoms with E-state index < -0.39 is 17.3 Å². The third-order valence-electron chi connectivity index (χ3n) is 3.84. The maximum atomic E-state index is 12.6. The predicted molar refractivity (Wildman–Crippen MR) is 90.7 cm³/mol. The van der Waals surface area contributed by atoms with Crippen molar-refractivity contribution in [2.24, 2.45) is 5.16 Å². The van der Waals surface area contributed by atoms with Gasteiger partial charge in [0.25, 0.3) is 0 Å². The molecule has 2 nitrogen and oxygen atoms in total. The first-order valence-corrected chi connectivity index (χ1v) is 8.51. The molecule has 1 aliphatic rings. The zero-order chi connectivity index (χ0) is 16.5. The number of alkyl halides is 4. The van der Waals surface area contributed by atoms with Crippen molar-refractivity contribution in [3.63, 3.8) is 0 Å². The first-order valence-electron chi connectivity index (χ1n) is 6.99. The molecule has 23 heavy (non-hydrogen) atoms. The topological polar surface area (TPSA) is 21.6 Å². The molecule has 0 unspecified atom stereocenters. The highest BCUT2D eigenvalue weighted by Crippen LogP contribution is 2.38. The molecule has 0 radical (unpaired) electrons. The van der Waals surface area contributed by atoms with E-state index in [9.17, 15) is 13.2 Å².